The predicted octanol–water partition coefficient (Wildman–Crippen LogP) is 2.94. The molecule has 6 heteroatoms. The van der Waals surface area contributed by atoms with E-state index in [-0.39, 0.29) is 36.2 Å². The lowest BCUT2D eigenvalue weighted by Gasteiger charge is -2.22. The summed E-state index contributed by atoms with van der Waals surface area (Å²) in [6.45, 7) is 3.06. The highest BCUT2D eigenvalue weighted by Crippen LogP contribution is 2.27. The van der Waals surface area contributed by atoms with Gasteiger partial charge in [0, 0.05) is 19.5 Å². The molecule has 0 saturated carbocycles. The normalized spacial score (nSPS) is 18.3. The molecule has 0 radical (unpaired) electrons. The summed E-state index contributed by atoms with van der Waals surface area (Å²) in [7, 11) is 0. The number of aliphatic carboxylic acids is 1. The molecule has 1 atom stereocenters. The zero-order valence-corrected chi connectivity index (χ0v) is 13.3. The molecule has 2 rings (SSSR count). The minimum atomic E-state index is -0.807. The van der Waals surface area contributed by atoms with Gasteiger partial charge >= 0.3 is 5.97 Å². The quantitative estimate of drug-likeness (QED) is 0.905. The molecule has 1 amide bonds. The van der Waals surface area contributed by atoms with Crippen molar-refractivity contribution in [2.75, 3.05) is 19.7 Å². The number of ether oxygens (including phenoxy) is 1. The SMILES string of the molecule is CCOc1c(F)cccc1C(=O)N1CCCC(CC(=O)O)CC1. The number of carbonyl (C=O) groups excluding carboxylic acids is 1. The van der Waals surface area contributed by atoms with E-state index in [9.17, 15) is 14.0 Å². The van der Waals surface area contributed by atoms with Gasteiger partial charge in [-0.2, -0.15) is 0 Å². The van der Waals surface area contributed by atoms with Crippen molar-refractivity contribution in [1.82, 2.24) is 4.90 Å². The van der Waals surface area contributed by atoms with Crippen LogP contribution in [-0.4, -0.2) is 41.6 Å². The lowest BCUT2D eigenvalue weighted by Crippen LogP contribution is -2.32. The number of rotatable bonds is 5. The highest BCUT2D eigenvalue weighted by Gasteiger charge is 2.25. The minimum absolute atomic E-state index is 0.00803. The van der Waals surface area contributed by atoms with Gasteiger partial charge in [0.05, 0.1) is 12.2 Å². The van der Waals surface area contributed by atoms with E-state index in [1.807, 2.05) is 0 Å². The van der Waals surface area contributed by atoms with Crippen LogP contribution in [-0.2, 0) is 4.79 Å². The number of hydrogen-bond donors (Lipinski definition) is 1. The van der Waals surface area contributed by atoms with E-state index in [1.165, 1.54) is 12.1 Å². The molecule has 0 bridgehead atoms. The molecule has 0 aromatic heterocycles. The molecule has 1 aromatic rings. The van der Waals surface area contributed by atoms with E-state index in [0.717, 1.165) is 12.8 Å². The fraction of sp³-hybridized carbons (Fsp3) is 0.529. The van der Waals surface area contributed by atoms with Crippen molar-refractivity contribution in [2.45, 2.75) is 32.6 Å². The third-order valence-corrected chi connectivity index (χ3v) is 4.08. The van der Waals surface area contributed by atoms with E-state index in [2.05, 4.69) is 0 Å². The van der Waals surface area contributed by atoms with Crippen LogP contribution < -0.4 is 4.74 Å². The van der Waals surface area contributed by atoms with Crippen LogP contribution >= 0.6 is 0 Å². The molecule has 1 unspecified atom stereocenters. The summed E-state index contributed by atoms with van der Waals surface area (Å²) < 4.78 is 19.2. The number of nitrogens with zero attached hydrogens (tertiary/aromatic N) is 1. The third kappa shape index (κ3) is 4.43. The van der Waals surface area contributed by atoms with Crippen molar-refractivity contribution in [3.63, 3.8) is 0 Å². The molecule has 1 aromatic carbocycles. The van der Waals surface area contributed by atoms with Crippen molar-refractivity contribution in [2.24, 2.45) is 5.92 Å². The number of hydrogen-bond acceptors (Lipinski definition) is 3. The number of carboxylic acids is 1. The van der Waals surface area contributed by atoms with E-state index in [1.54, 1.807) is 17.9 Å². The first kappa shape index (κ1) is 17.2. The Kier molecular flexibility index (Phi) is 5.96. The van der Waals surface area contributed by atoms with E-state index < -0.39 is 11.8 Å². The van der Waals surface area contributed by atoms with Gasteiger partial charge in [0.1, 0.15) is 0 Å². The molecule has 23 heavy (non-hydrogen) atoms. The van der Waals surface area contributed by atoms with Gasteiger partial charge < -0.3 is 14.7 Å². The van der Waals surface area contributed by atoms with Gasteiger partial charge in [0.2, 0.25) is 0 Å². The topological polar surface area (TPSA) is 66.8 Å². The second-order valence-corrected chi connectivity index (χ2v) is 5.74. The highest BCUT2D eigenvalue weighted by molar-refractivity contribution is 5.97. The number of likely N-dealkylation sites (tertiary alicyclic amines) is 1. The van der Waals surface area contributed by atoms with Crippen LogP contribution in [0.5, 0.6) is 5.75 Å². The Morgan fingerprint density at radius 3 is 2.83 bits per heavy atom. The summed E-state index contributed by atoms with van der Waals surface area (Å²) in [6.07, 6.45) is 2.32. The first-order valence-electron chi connectivity index (χ1n) is 7.95. The molecule has 1 aliphatic heterocycles. The third-order valence-electron chi connectivity index (χ3n) is 4.08. The zero-order chi connectivity index (χ0) is 16.8. The molecular weight excluding hydrogens is 301 g/mol. The fourth-order valence-corrected chi connectivity index (χ4v) is 2.96. The lowest BCUT2D eigenvalue weighted by molar-refractivity contribution is -0.138. The van der Waals surface area contributed by atoms with E-state index in [4.69, 9.17) is 9.84 Å². The minimum Gasteiger partial charge on any atom is -0.490 e. The summed E-state index contributed by atoms with van der Waals surface area (Å²) in [5, 5.41) is 8.90. The zero-order valence-electron chi connectivity index (χ0n) is 13.3. The first-order valence-corrected chi connectivity index (χ1v) is 7.95. The van der Waals surface area contributed by atoms with Crippen LogP contribution in [0.3, 0.4) is 0 Å². The molecule has 0 aliphatic carbocycles. The fourth-order valence-electron chi connectivity index (χ4n) is 2.96. The Bertz CT molecular complexity index is 576. The van der Waals surface area contributed by atoms with Crippen LogP contribution in [0, 0.1) is 11.7 Å². The average molecular weight is 323 g/mol. The van der Waals surface area contributed by atoms with Crippen LogP contribution in [0.4, 0.5) is 4.39 Å². The van der Waals surface area contributed by atoms with Crippen LogP contribution in [0.2, 0.25) is 0 Å². The molecule has 5 nitrogen and oxygen atoms in total. The van der Waals surface area contributed by atoms with Gasteiger partial charge in [0.25, 0.3) is 5.91 Å². The second kappa shape index (κ2) is 7.94. The number of carboxylic acid groups (broad SMARTS) is 1. The number of halogens is 1. The standard InChI is InChI=1S/C17H22FNO4/c1-2-23-16-13(6-3-7-14(16)18)17(22)19-9-4-5-12(8-10-19)11-15(20)21/h3,6-7,12H,2,4-5,8-11H2,1H3,(H,20,21). The highest BCUT2D eigenvalue weighted by atomic mass is 19.1. The van der Waals surface area contributed by atoms with Gasteiger partial charge in [-0.1, -0.05) is 6.07 Å². The summed E-state index contributed by atoms with van der Waals surface area (Å²) in [5.74, 6) is -1.53. The van der Waals surface area contributed by atoms with E-state index >= 15 is 0 Å². The average Bonchev–Trinajstić information content (AvgIpc) is 2.74. The Labute approximate surface area is 135 Å². The Morgan fingerprint density at radius 1 is 1.35 bits per heavy atom. The monoisotopic (exact) mass is 323 g/mol. The lowest BCUT2D eigenvalue weighted by atomic mass is 9.97. The molecule has 1 heterocycles. The summed E-state index contributed by atoms with van der Waals surface area (Å²) in [5.41, 5.74) is 0.225. The molecule has 1 N–H and O–H groups in total. The summed E-state index contributed by atoms with van der Waals surface area (Å²) >= 11 is 0. The number of carbonyl (C=O) groups is 2. The first-order chi connectivity index (χ1) is 11.0. The van der Waals surface area contributed by atoms with Crippen molar-refractivity contribution < 1.29 is 23.8 Å². The second-order valence-electron chi connectivity index (χ2n) is 5.74. The number of amides is 1. The Balaban J connectivity index is 2.12. The van der Waals surface area contributed by atoms with Gasteiger partial charge in [-0.25, -0.2) is 4.39 Å². The van der Waals surface area contributed by atoms with Gasteiger partial charge in [0.15, 0.2) is 11.6 Å². The Morgan fingerprint density at radius 2 is 2.13 bits per heavy atom. The smallest absolute Gasteiger partial charge is 0.303 e. The maximum absolute atomic E-state index is 13.9. The predicted molar refractivity (Wildman–Crippen MR) is 83.1 cm³/mol. The van der Waals surface area contributed by atoms with Gasteiger partial charge in [-0.3, -0.25) is 9.59 Å². The van der Waals surface area contributed by atoms with Gasteiger partial charge in [-0.05, 0) is 44.2 Å². The maximum atomic E-state index is 13.9. The summed E-state index contributed by atoms with van der Waals surface area (Å²) in [6, 6.07) is 4.33. The van der Waals surface area contributed by atoms with Crippen molar-refractivity contribution in [1.29, 1.82) is 0 Å². The number of para-hydroxylation sites is 1. The van der Waals surface area contributed by atoms with Gasteiger partial charge in [-0.15, -0.1) is 0 Å². The Hall–Kier alpha value is -2.11. The molecule has 126 valence electrons. The maximum Gasteiger partial charge on any atom is 0.303 e. The molecular formula is C17H22FNO4. The molecule has 1 saturated heterocycles. The van der Waals surface area contributed by atoms with Crippen molar-refractivity contribution in [3.8, 4) is 5.75 Å². The molecule has 1 fully saturated rings. The van der Waals surface area contributed by atoms with Crippen molar-refractivity contribution in [3.05, 3.63) is 29.6 Å². The molecule has 0 spiro atoms. The summed E-state index contributed by atoms with van der Waals surface area (Å²) in [4.78, 5) is 25.2. The van der Waals surface area contributed by atoms with Crippen molar-refractivity contribution >= 4 is 11.9 Å². The van der Waals surface area contributed by atoms with Crippen LogP contribution in [0.15, 0.2) is 18.2 Å². The largest absolute Gasteiger partial charge is 0.490 e. The van der Waals surface area contributed by atoms with Crippen LogP contribution in [0.25, 0.3) is 0 Å². The van der Waals surface area contributed by atoms with Crippen LogP contribution in [0.1, 0.15) is 43.0 Å². The number of benzene rings is 1. The van der Waals surface area contributed by atoms with E-state index in [0.29, 0.717) is 19.5 Å². The molecule has 1 aliphatic rings.